The maximum Gasteiger partial charge on any atom is 0.330 e. The average molecular weight is 252 g/mol. The number of carbonyl (C=O) groups excluding carboxylic acids is 1. The second-order valence-corrected chi connectivity index (χ2v) is 4.34. The molecule has 1 aromatic heterocycles. The summed E-state index contributed by atoms with van der Waals surface area (Å²) in [5.41, 5.74) is 2.15. The number of ether oxygens (including phenoxy) is 1. The maximum absolute atomic E-state index is 12.0. The van der Waals surface area contributed by atoms with E-state index in [9.17, 15) is 4.79 Å². The molecular formula is C14H24N2O2. The third-order valence-electron chi connectivity index (χ3n) is 3.00. The van der Waals surface area contributed by atoms with E-state index in [1.807, 2.05) is 11.6 Å². The van der Waals surface area contributed by atoms with Crippen molar-refractivity contribution in [3.63, 3.8) is 0 Å². The van der Waals surface area contributed by atoms with Crippen molar-refractivity contribution in [2.75, 3.05) is 6.61 Å². The second-order valence-electron chi connectivity index (χ2n) is 4.34. The number of hydrogen-bond donors (Lipinski definition) is 0. The molecule has 0 N–H and O–H groups in total. The molecule has 0 spiro atoms. The number of esters is 1. The van der Waals surface area contributed by atoms with Gasteiger partial charge in [-0.15, -0.1) is 0 Å². The van der Waals surface area contributed by atoms with Gasteiger partial charge in [0.05, 0.1) is 12.3 Å². The highest BCUT2D eigenvalue weighted by atomic mass is 16.5. The van der Waals surface area contributed by atoms with Crippen LogP contribution in [0.15, 0.2) is 6.07 Å². The van der Waals surface area contributed by atoms with Crippen LogP contribution < -0.4 is 0 Å². The summed E-state index contributed by atoms with van der Waals surface area (Å²) in [4.78, 5) is 12.0. The molecule has 4 heteroatoms. The Balaban J connectivity index is 3.03. The first kappa shape index (κ1) is 14.7. The molecule has 0 bridgehead atoms. The lowest BCUT2D eigenvalue weighted by molar-refractivity contribution is -0.147. The van der Waals surface area contributed by atoms with Gasteiger partial charge in [0, 0.05) is 5.69 Å². The van der Waals surface area contributed by atoms with E-state index in [-0.39, 0.29) is 12.0 Å². The van der Waals surface area contributed by atoms with Crippen molar-refractivity contribution in [3.8, 4) is 0 Å². The quantitative estimate of drug-likeness (QED) is 0.701. The zero-order valence-electron chi connectivity index (χ0n) is 11.9. The van der Waals surface area contributed by atoms with E-state index in [4.69, 9.17) is 4.74 Å². The number of rotatable bonds is 7. The molecule has 0 aliphatic rings. The molecule has 18 heavy (non-hydrogen) atoms. The molecular weight excluding hydrogens is 228 g/mol. The Morgan fingerprint density at radius 1 is 1.33 bits per heavy atom. The minimum Gasteiger partial charge on any atom is -0.464 e. The summed E-state index contributed by atoms with van der Waals surface area (Å²) in [5, 5.41) is 4.54. The smallest absolute Gasteiger partial charge is 0.330 e. The molecule has 1 atom stereocenters. The highest BCUT2D eigenvalue weighted by Crippen LogP contribution is 2.19. The van der Waals surface area contributed by atoms with Crippen LogP contribution in [-0.4, -0.2) is 22.4 Å². The molecule has 1 rings (SSSR count). The van der Waals surface area contributed by atoms with Crippen LogP contribution in [0.5, 0.6) is 0 Å². The lowest BCUT2D eigenvalue weighted by atomic mass is 10.1. The summed E-state index contributed by atoms with van der Waals surface area (Å²) in [5.74, 6) is -0.167. The minimum atomic E-state index is -0.273. The van der Waals surface area contributed by atoms with Crippen molar-refractivity contribution < 1.29 is 9.53 Å². The molecule has 1 heterocycles. The van der Waals surface area contributed by atoms with Crippen LogP contribution in [0.25, 0.3) is 0 Å². The summed E-state index contributed by atoms with van der Waals surface area (Å²) in [6.45, 7) is 8.49. The van der Waals surface area contributed by atoms with Gasteiger partial charge < -0.3 is 4.74 Å². The lowest BCUT2D eigenvalue weighted by Gasteiger charge is -2.17. The van der Waals surface area contributed by atoms with E-state index < -0.39 is 0 Å². The largest absolute Gasteiger partial charge is 0.464 e. The molecule has 0 saturated carbocycles. The molecule has 0 amide bonds. The number of aromatic nitrogens is 2. The summed E-state index contributed by atoms with van der Waals surface area (Å²) in [6.07, 6.45) is 3.49. The first-order valence-electron chi connectivity index (χ1n) is 6.91. The molecule has 0 aliphatic heterocycles. The van der Waals surface area contributed by atoms with Gasteiger partial charge in [-0.1, -0.05) is 27.2 Å². The van der Waals surface area contributed by atoms with E-state index in [1.165, 1.54) is 0 Å². The van der Waals surface area contributed by atoms with Crippen molar-refractivity contribution in [1.29, 1.82) is 0 Å². The summed E-state index contributed by atoms with van der Waals surface area (Å²) in [6, 6.07) is 1.81. The zero-order valence-corrected chi connectivity index (χ0v) is 11.9. The molecule has 0 aliphatic carbocycles. The van der Waals surface area contributed by atoms with E-state index in [0.717, 1.165) is 37.1 Å². The van der Waals surface area contributed by atoms with Gasteiger partial charge in [-0.2, -0.15) is 5.10 Å². The number of carbonyl (C=O) groups is 1. The Hall–Kier alpha value is -1.32. The summed E-state index contributed by atoms with van der Waals surface area (Å²) in [7, 11) is 0. The normalized spacial score (nSPS) is 12.4. The van der Waals surface area contributed by atoms with Crippen LogP contribution in [0.1, 0.15) is 58.0 Å². The Labute approximate surface area is 109 Å². The van der Waals surface area contributed by atoms with Crippen molar-refractivity contribution in [3.05, 3.63) is 17.5 Å². The van der Waals surface area contributed by atoms with Gasteiger partial charge in [0.1, 0.15) is 6.04 Å². The number of hydrogen-bond acceptors (Lipinski definition) is 3. The lowest BCUT2D eigenvalue weighted by Crippen LogP contribution is -2.24. The monoisotopic (exact) mass is 252 g/mol. The van der Waals surface area contributed by atoms with Crippen LogP contribution in [0.3, 0.4) is 0 Å². The summed E-state index contributed by atoms with van der Waals surface area (Å²) >= 11 is 0. The van der Waals surface area contributed by atoms with E-state index >= 15 is 0 Å². The third kappa shape index (κ3) is 3.34. The highest BCUT2D eigenvalue weighted by molar-refractivity contribution is 5.74. The molecule has 0 aromatic carbocycles. The zero-order chi connectivity index (χ0) is 13.5. The third-order valence-corrected chi connectivity index (χ3v) is 3.00. The van der Waals surface area contributed by atoms with Gasteiger partial charge in [0.2, 0.25) is 0 Å². The molecule has 0 saturated heterocycles. The van der Waals surface area contributed by atoms with Crippen LogP contribution in [-0.2, 0) is 22.4 Å². The second kappa shape index (κ2) is 7.19. The van der Waals surface area contributed by atoms with Crippen molar-refractivity contribution in [2.24, 2.45) is 0 Å². The Kier molecular flexibility index (Phi) is 5.89. The average Bonchev–Trinajstić information content (AvgIpc) is 2.79. The fourth-order valence-electron chi connectivity index (χ4n) is 2.05. The molecule has 102 valence electrons. The fraction of sp³-hybridized carbons (Fsp3) is 0.714. The highest BCUT2D eigenvalue weighted by Gasteiger charge is 2.24. The predicted octanol–water partition coefficient (Wildman–Crippen LogP) is 2.91. The molecule has 1 aromatic rings. The van der Waals surface area contributed by atoms with Crippen LogP contribution >= 0.6 is 0 Å². The van der Waals surface area contributed by atoms with Crippen molar-refractivity contribution in [1.82, 2.24) is 9.78 Å². The molecule has 1 unspecified atom stereocenters. The van der Waals surface area contributed by atoms with Crippen molar-refractivity contribution >= 4 is 5.97 Å². The van der Waals surface area contributed by atoms with Gasteiger partial charge in [0.25, 0.3) is 0 Å². The van der Waals surface area contributed by atoms with E-state index in [2.05, 4.69) is 31.9 Å². The van der Waals surface area contributed by atoms with Gasteiger partial charge >= 0.3 is 5.97 Å². The van der Waals surface area contributed by atoms with E-state index in [1.54, 1.807) is 0 Å². The van der Waals surface area contributed by atoms with Crippen molar-refractivity contribution in [2.45, 2.75) is 59.4 Å². The van der Waals surface area contributed by atoms with E-state index in [0.29, 0.717) is 6.61 Å². The fourth-order valence-corrected chi connectivity index (χ4v) is 2.05. The molecule has 0 radical (unpaired) electrons. The first-order valence-corrected chi connectivity index (χ1v) is 6.91. The van der Waals surface area contributed by atoms with Gasteiger partial charge in [-0.25, -0.2) is 4.79 Å². The van der Waals surface area contributed by atoms with Gasteiger partial charge in [-0.3, -0.25) is 4.68 Å². The predicted molar refractivity (Wildman–Crippen MR) is 71.6 cm³/mol. The SMILES string of the molecule is CCCC(C(=O)OCC)n1nc(CC)cc1CC. The molecule has 0 fully saturated rings. The molecule has 4 nitrogen and oxygen atoms in total. The maximum atomic E-state index is 12.0. The minimum absolute atomic E-state index is 0.167. The van der Waals surface area contributed by atoms with Gasteiger partial charge in [0.15, 0.2) is 0 Å². The van der Waals surface area contributed by atoms with Crippen LogP contribution in [0, 0.1) is 0 Å². The topological polar surface area (TPSA) is 44.1 Å². The summed E-state index contributed by atoms with van der Waals surface area (Å²) < 4.78 is 7.02. The Morgan fingerprint density at radius 2 is 2.06 bits per heavy atom. The van der Waals surface area contributed by atoms with Crippen LogP contribution in [0.2, 0.25) is 0 Å². The number of nitrogens with zero attached hydrogens (tertiary/aromatic N) is 2. The first-order chi connectivity index (χ1) is 8.67. The Bertz CT molecular complexity index is 385. The standard InChI is InChI=1S/C14H24N2O2/c1-5-9-13(14(17)18-8-4)16-12(7-3)10-11(6-2)15-16/h10,13H,5-9H2,1-4H3. The Morgan fingerprint density at radius 3 is 2.56 bits per heavy atom. The van der Waals surface area contributed by atoms with Crippen LogP contribution in [0.4, 0.5) is 0 Å². The van der Waals surface area contributed by atoms with Gasteiger partial charge in [-0.05, 0) is 32.3 Å². The number of aryl methyl sites for hydroxylation is 2.